The minimum atomic E-state index is -0.260. The zero-order valence-corrected chi connectivity index (χ0v) is 19.6. The van der Waals surface area contributed by atoms with Crippen LogP contribution in [0.5, 0.6) is 0 Å². The smallest absolute Gasteiger partial charge is 0.323 e. The van der Waals surface area contributed by atoms with Crippen LogP contribution in [0.15, 0.2) is 84.4 Å². The van der Waals surface area contributed by atoms with Gasteiger partial charge >= 0.3 is 12.0 Å². The van der Waals surface area contributed by atoms with Crippen molar-refractivity contribution in [1.82, 2.24) is 9.47 Å². The van der Waals surface area contributed by atoms with Gasteiger partial charge in [-0.25, -0.2) is 4.79 Å². The lowest BCUT2D eigenvalue weighted by molar-refractivity contribution is -0.142. The van der Waals surface area contributed by atoms with Gasteiger partial charge in [-0.05, 0) is 59.8 Å². The van der Waals surface area contributed by atoms with E-state index in [2.05, 4.69) is 40.3 Å². The first-order valence-electron chi connectivity index (χ1n) is 11.2. The summed E-state index contributed by atoms with van der Waals surface area (Å²) in [6.07, 6.45) is 2.26. The number of anilines is 1. The molecule has 0 saturated carbocycles. The normalized spacial score (nSPS) is 14.6. The number of hydrogen-bond donors (Lipinski definition) is 1. The Labute approximate surface area is 202 Å². The molecular weight excluding hydrogens is 446 g/mol. The van der Waals surface area contributed by atoms with Crippen LogP contribution in [0.2, 0.25) is 0 Å². The predicted molar refractivity (Wildman–Crippen MR) is 133 cm³/mol. The van der Waals surface area contributed by atoms with Crippen molar-refractivity contribution in [2.75, 3.05) is 11.9 Å². The van der Waals surface area contributed by atoms with Crippen LogP contribution in [0, 0.1) is 0 Å². The maximum atomic E-state index is 13.7. The van der Waals surface area contributed by atoms with E-state index < -0.39 is 0 Å². The molecule has 0 bridgehead atoms. The van der Waals surface area contributed by atoms with E-state index >= 15 is 0 Å². The fourth-order valence-electron chi connectivity index (χ4n) is 4.37. The van der Waals surface area contributed by atoms with E-state index in [1.165, 1.54) is 0 Å². The Morgan fingerprint density at radius 1 is 1.03 bits per heavy atom. The maximum absolute atomic E-state index is 13.7. The predicted octanol–water partition coefficient (Wildman–Crippen LogP) is 5.78. The van der Waals surface area contributed by atoms with Gasteiger partial charge in [0.25, 0.3) is 0 Å². The van der Waals surface area contributed by atoms with Crippen LogP contribution >= 0.6 is 11.3 Å². The fourth-order valence-corrected chi connectivity index (χ4v) is 5.21. The highest BCUT2D eigenvalue weighted by Crippen LogP contribution is 2.38. The Morgan fingerprint density at radius 3 is 2.62 bits per heavy atom. The number of benzene rings is 2. The van der Waals surface area contributed by atoms with E-state index in [0.29, 0.717) is 18.8 Å². The molecule has 0 aliphatic carbocycles. The summed E-state index contributed by atoms with van der Waals surface area (Å²) in [5, 5.41) is 5.10. The van der Waals surface area contributed by atoms with Gasteiger partial charge in [0.2, 0.25) is 0 Å². The number of aromatic nitrogens is 1. The molecule has 0 fully saturated rings. The molecule has 0 unspecified atom stereocenters. The summed E-state index contributed by atoms with van der Waals surface area (Å²) in [5.41, 5.74) is 4.74. The minimum Gasteiger partial charge on any atom is -0.466 e. The van der Waals surface area contributed by atoms with Crippen molar-refractivity contribution in [3.05, 3.63) is 106 Å². The molecule has 34 heavy (non-hydrogen) atoms. The number of amides is 2. The summed E-state index contributed by atoms with van der Waals surface area (Å²) in [5.74, 6) is -0.260. The Hall–Kier alpha value is -3.84. The van der Waals surface area contributed by atoms with Crippen molar-refractivity contribution in [1.29, 1.82) is 0 Å². The van der Waals surface area contributed by atoms with Crippen LogP contribution in [0.25, 0.3) is 5.69 Å². The number of ether oxygens (including phenoxy) is 1. The molecule has 6 nitrogen and oxygen atoms in total. The zero-order valence-electron chi connectivity index (χ0n) is 18.8. The summed E-state index contributed by atoms with van der Waals surface area (Å²) >= 11 is 1.64. The molecule has 1 N–H and O–H groups in total. The summed E-state index contributed by atoms with van der Waals surface area (Å²) < 4.78 is 7.19. The SMILES string of the molecule is CCOC(=O)Cc1ccc(NC(=O)N2Cc3ccccc3-n3cccc3[C@@H]2c2cccs2)cc1. The van der Waals surface area contributed by atoms with E-state index in [1.54, 1.807) is 18.3 Å². The monoisotopic (exact) mass is 471 g/mol. The molecule has 0 saturated heterocycles. The van der Waals surface area contributed by atoms with Crippen LogP contribution in [0.1, 0.15) is 34.7 Å². The van der Waals surface area contributed by atoms with Crippen molar-refractivity contribution in [3.63, 3.8) is 0 Å². The third kappa shape index (κ3) is 4.34. The topological polar surface area (TPSA) is 63.6 Å². The number of urea groups is 1. The van der Waals surface area contributed by atoms with Gasteiger partial charge in [0, 0.05) is 16.8 Å². The third-order valence-electron chi connectivity index (χ3n) is 5.90. The average molecular weight is 472 g/mol. The highest BCUT2D eigenvalue weighted by molar-refractivity contribution is 7.10. The van der Waals surface area contributed by atoms with Crippen molar-refractivity contribution in [2.24, 2.45) is 0 Å². The number of nitrogens with zero attached hydrogens (tertiary/aromatic N) is 2. The number of para-hydroxylation sites is 1. The second kappa shape index (κ2) is 9.57. The van der Waals surface area contributed by atoms with Crippen LogP contribution in [0.4, 0.5) is 10.5 Å². The molecule has 2 aromatic heterocycles. The average Bonchev–Trinajstić information content (AvgIpc) is 3.52. The Balaban J connectivity index is 1.44. The Kier molecular flexibility index (Phi) is 6.18. The van der Waals surface area contributed by atoms with Gasteiger partial charge in [-0.15, -0.1) is 11.3 Å². The zero-order chi connectivity index (χ0) is 23.5. The number of fused-ring (bicyclic) bond motifs is 3. The van der Waals surface area contributed by atoms with Crippen molar-refractivity contribution >= 4 is 29.0 Å². The molecule has 3 heterocycles. The lowest BCUT2D eigenvalue weighted by Gasteiger charge is -2.30. The largest absolute Gasteiger partial charge is 0.466 e. The van der Waals surface area contributed by atoms with Gasteiger partial charge in [0.1, 0.15) is 6.04 Å². The van der Waals surface area contributed by atoms with Crippen molar-refractivity contribution in [3.8, 4) is 5.69 Å². The molecule has 1 aliphatic heterocycles. The molecule has 2 aromatic carbocycles. The second-order valence-electron chi connectivity index (χ2n) is 8.09. The third-order valence-corrected chi connectivity index (χ3v) is 6.82. The number of hydrogen-bond acceptors (Lipinski definition) is 4. The minimum absolute atomic E-state index is 0.180. The van der Waals surface area contributed by atoms with Gasteiger partial charge in [-0.2, -0.15) is 0 Å². The van der Waals surface area contributed by atoms with Crippen molar-refractivity contribution < 1.29 is 14.3 Å². The van der Waals surface area contributed by atoms with Crippen LogP contribution in [0.3, 0.4) is 0 Å². The first-order valence-corrected chi connectivity index (χ1v) is 12.1. The lowest BCUT2D eigenvalue weighted by atomic mass is 10.1. The first kappa shape index (κ1) is 22.0. The van der Waals surface area contributed by atoms with Crippen molar-refractivity contribution in [2.45, 2.75) is 25.9 Å². The van der Waals surface area contributed by atoms with E-state index in [1.807, 2.05) is 58.8 Å². The number of nitrogens with one attached hydrogen (secondary N) is 1. The number of thiophene rings is 1. The molecule has 1 aliphatic rings. The molecule has 1 atom stereocenters. The highest BCUT2D eigenvalue weighted by atomic mass is 32.1. The van der Waals surface area contributed by atoms with E-state index in [0.717, 1.165) is 27.4 Å². The molecule has 0 radical (unpaired) electrons. The molecule has 0 spiro atoms. The lowest BCUT2D eigenvalue weighted by Crippen LogP contribution is -2.37. The number of rotatable bonds is 5. The fraction of sp³-hybridized carbons (Fsp3) is 0.185. The second-order valence-corrected chi connectivity index (χ2v) is 9.07. The van der Waals surface area contributed by atoms with Gasteiger partial charge in [-0.3, -0.25) is 4.79 Å². The van der Waals surface area contributed by atoms with Crippen LogP contribution in [-0.4, -0.2) is 28.1 Å². The maximum Gasteiger partial charge on any atom is 0.323 e. The summed E-state index contributed by atoms with van der Waals surface area (Å²) in [4.78, 5) is 28.4. The van der Waals surface area contributed by atoms with E-state index in [9.17, 15) is 9.59 Å². The highest BCUT2D eigenvalue weighted by Gasteiger charge is 2.33. The molecule has 2 amide bonds. The number of carbonyl (C=O) groups is 2. The number of carbonyl (C=O) groups excluding carboxylic acids is 2. The van der Waals surface area contributed by atoms with Crippen LogP contribution in [-0.2, 0) is 22.5 Å². The Morgan fingerprint density at radius 2 is 1.85 bits per heavy atom. The summed E-state index contributed by atoms with van der Waals surface area (Å²) in [6.45, 7) is 2.63. The van der Waals surface area contributed by atoms with Crippen LogP contribution < -0.4 is 5.32 Å². The molecule has 172 valence electrons. The molecule has 5 rings (SSSR count). The van der Waals surface area contributed by atoms with Gasteiger partial charge < -0.3 is 19.5 Å². The molecule has 4 aromatic rings. The molecule has 7 heteroatoms. The summed E-state index contributed by atoms with van der Waals surface area (Å²) in [6, 6.07) is 23.3. The van der Waals surface area contributed by atoms with E-state index in [4.69, 9.17) is 4.74 Å². The van der Waals surface area contributed by atoms with Gasteiger partial charge in [0.15, 0.2) is 0 Å². The van der Waals surface area contributed by atoms with E-state index in [-0.39, 0.29) is 24.5 Å². The van der Waals surface area contributed by atoms with Gasteiger partial charge in [0.05, 0.1) is 31.0 Å². The molecular formula is C27H25N3O3S. The Bertz CT molecular complexity index is 1290. The number of esters is 1. The summed E-state index contributed by atoms with van der Waals surface area (Å²) in [7, 11) is 0. The van der Waals surface area contributed by atoms with Gasteiger partial charge in [-0.1, -0.05) is 36.4 Å². The first-order chi connectivity index (χ1) is 16.6. The quantitative estimate of drug-likeness (QED) is 0.375. The standard InChI is InChI=1S/C27H25N3O3S/c1-2-33-25(31)17-19-11-13-21(14-12-19)28-27(32)30-18-20-7-3-4-8-22(20)29-15-5-9-23(29)26(30)24-10-6-16-34-24/h3-16,26H,2,17-18H2,1H3,(H,28,32)/t26-/m1/s1.